The molecule has 1 rings (SSSR count). The fraction of sp³-hybridized carbons (Fsp3) is 0.571. The third kappa shape index (κ3) is 6.44. The molecule has 0 unspecified atom stereocenters. The summed E-state index contributed by atoms with van der Waals surface area (Å²) >= 11 is 0. The van der Waals surface area contributed by atoms with Crippen molar-refractivity contribution in [3.63, 3.8) is 0 Å². The Morgan fingerprint density at radius 1 is 0.864 bits per heavy atom. The molecule has 0 heterocycles. The molecule has 0 bridgehead atoms. The molecule has 0 N–H and O–H groups in total. The van der Waals surface area contributed by atoms with Crippen LogP contribution >= 0.6 is 21.4 Å². The topological polar surface area (TPSA) is 68.3 Å². The van der Waals surface area contributed by atoms with Crippen molar-refractivity contribution in [3.05, 3.63) is 23.8 Å². The lowest BCUT2D eigenvalue weighted by Crippen LogP contribution is -2.01. The van der Waals surface area contributed by atoms with Crippen molar-refractivity contribution in [2.75, 3.05) is 0 Å². The van der Waals surface area contributed by atoms with Crippen LogP contribution in [0.5, 0.6) is 0 Å². The highest BCUT2D eigenvalue weighted by molar-refractivity contribution is 8.14. The highest BCUT2D eigenvalue weighted by Gasteiger charge is 2.19. The standard InChI is InChI=1S/C14H20Cl2O4S2/c1-2-3-4-5-6-7-8-12-11-13(21(15,17)18)9-10-14(12)22(16,19)20/h9-11H,2-8H2,1H3. The average molecular weight is 387 g/mol. The summed E-state index contributed by atoms with van der Waals surface area (Å²) in [7, 11) is 2.90. The van der Waals surface area contributed by atoms with E-state index < -0.39 is 18.1 Å². The molecule has 8 heteroatoms. The Kier molecular flexibility index (Phi) is 7.65. The number of unbranched alkanes of at least 4 members (excludes halogenated alkanes) is 5. The average Bonchev–Trinajstić information content (AvgIpc) is 2.40. The lowest BCUT2D eigenvalue weighted by atomic mass is 10.0. The molecule has 0 aromatic heterocycles. The molecule has 0 radical (unpaired) electrons. The van der Waals surface area contributed by atoms with Gasteiger partial charge in [0.05, 0.1) is 9.79 Å². The van der Waals surface area contributed by atoms with Gasteiger partial charge in [-0.3, -0.25) is 0 Å². The Morgan fingerprint density at radius 2 is 1.45 bits per heavy atom. The summed E-state index contributed by atoms with van der Waals surface area (Å²) in [6, 6.07) is 3.65. The van der Waals surface area contributed by atoms with E-state index in [2.05, 4.69) is 6.92 Å². The minimum Gasteiger partial charge on any atom is -0.207 e. The fourth-order valence-electron chi connectivity index (χ4n) is 2.24. The monoisotopic (exact) mass is 386 g/mol. The van der Waals surface area contributed by atoms with Gasteiger partial charge in [-0.1, -0.05) is 39.0 Å². The Bertz CT molecular complexity index is 698. The van der Waals surface area contributed by atoms with E-state index in [0.717, 1.165) is 38.2 Å². The molecule has 0 atom stereocenters. The summed E-state index contributed by atoms with van der Waals surface area (Å²) in [5, 5.41) is 0. The Labute approximate surface area is 141 Å². The quantitative estimate of drug-likeness (QED) is 0.464. The normalized spacial score (nSPS) is 12.5. The highest BCUT2D eigenvalue weighted by atomic mass is 35.7. The van der Waals surface area contributed by atoms with E-state index in [1.807, 2.05) is 0 Å². The van der Waals surface area contributed by atoms with Gasteiger partial charge >= 0.3 is 0 Å². The second kappa shape index (κ2) is 8.52. The first-order valence-electron chi connectivity index (χ1n) is 7.18. The molecule has 1 aromatic carbocycles. The minimum atomic E-state index is -3.91. The van der Waals surface area contributed by atoms with Gasteiger partial charge in [0, 0.05) is 21.4 Å². The molecule has 0 aliphatic heterocycles. The van der Waals surface area contributed by atoms with Crippen LogP contribution in [-0.4, -0.2) is 16.8 Å². The first-order chi connectivity index (χ1) is 10.2. The molecule has 22 heavy (non-hydrogen) atoms. The summed E-state index contributed by atoms with van der Waals surface area (Å²) in [4.78, 5) is -0.161. The number of rotatable bonds is 9. The minimum absolute atomic E-state index is 0.0493. The van der Waals surface area contributed by atoms with Gasteiger partial charge in [0.15, 0.2) is 0 Å². The number of hydrogen-bond acceptors (Lipinski definition) is 4. The molecular formula is C14H20Cl2O4S2. The van der Waals surface area contributed by atoms with Gasteiger partial charge in [-0.15, -0.1) is 0 Å². The smallest absolute Gasteiger partial charge is 0.207 e. The first-order valence-corrected chi connectivity index (χ1v) is 11.8. The fourth-order valence-corrected chi connectivity index (χ4v) is 4.19. The van der Waals surface area contributed by atoms with E-state index in [1.54, 1.807) is 0 Å². The highest BCUT2D eigenvalue weighted by Crippen LogP contribution is 2.26. The predicted octanol–water partition coefficient (Wildman–Crippen LogP) is 4.44. The molecule has 0 spiro atoms. The van der Waals surface area contributed by atoms with Gasteiger partial charge in [-0.25, -0.2) is 16.8 Å². The van der Waals surface area contributed by atoms with Crippen LogP contribution in [0.3, 0.4) is 0 Å². The summed E-state index contributed by atoms with van der Waals surface area (Å²) in [5.41, 5.74) is 0.396. The van der Waals surface area contributed by atoms with E-state index >= 15 is 0 Å². The van der Waals surface area contributed by atoms with E-state index in [0.29, 0.717) is 12.0 Å². The van der Waals surface area contributed by atoms with Crippen LogP contribution in [0.25, 0.3) is 0 Å². The molecule has 4 nitrogen and oxygen atoms in total. The van der Waals surface area contributed by atoms with Crippen molar-refractivity contribution < 1.29 is 16.8 Å². The maximum atomic E-state index is 11.6. The summed E-state index contributed by atoms with van der Waals surface area (Å²) in [5.74, 6) is 0. The van der Waals surface area contributed by atoms with Gasteiger partial charge in [0.25, 0.3) is 18.1 Å². The zero-order chi connectivity index (χ0) is 16.8. The van der Waals surface area contributed by atoms with Crippen molar-refractivity contribution >= 4 is 39.5 Å². The maximum Gasteiger partial charge on any atom is 0.261 e. The van der Waals surface area contributed by atoms with Crippen molar-refractivity contribution in [3.8, 4) is 0 Å². The van der Waals surface area contributed by atoms with Crippen molar-refractivity contribution in [2.24, 2.45) is 0 Å². The molecular weight excluding hydrogens is 367 g/mol. The molecule has 0 aliphatic rings. The SMILES string of the molecule is CCCCCCCCc1cc(S(=O)(=O)Cl)ccc1S(=O)(=O)Cl. The number of halogens is 2. The maximum absolute atomic E-state index is 11.6. The van der Waals surface area contributed by atoms with Crippen LogP contribution in [0.2, 0.25) is 0 Å². The van der Waals surface area contributed by atoms with Crippen LogP contribution < -0.4 is 0 Å². The number of hydrogen-bond donors (Lipinski definition) is 0. The lowest BCUT2D eigenvalue weighted by molar-refractivity contribution is 0.597. The van der Waals surface area contributed by atoms with Crippen molar-refractivity contribution in [1.29, 1.82) is 0 Å². The third-order valence-electron chi connectivity index (χ3n) is 3.38. The van der Waals surface area contributed by atoms with Crippen molar-refractivity contribution in [2.45, 2.75) is 61.7 Å². The summed E-state index contributed by atoms with van der Waals surface area (Å²) < 4.78 is 45.9. The van der Waals surface area contributed by atoms with E-state index in [4.69, 9.17) is 21.4 Å². The summed E-state index contributed by atoms with van der Waals surface area (Å²) in [6.07, 6.45) is 6.74. The van der Waals surface area contributed by atoms with E-state index in [-0.39, 0.29) is 9.79 Å². The Morgan fingerprint density at radius 3 is 2.00 bits per heavy atom. The van der Waals surface area contributed by atoms with Crippen molar-refractivity contribution in [1.82, 2.24) is 0 Å². The third-order valence-corrected chi connectivity index (χ3v) is 6.15. The van der Waals surface area contributed by atoms with Crippen LogP contribution in [0.4, 0.5) is 0 Å². The largest absolute Gasteiger partial charge is 0.261 e. The Balaban J connectivity index is 2.89. The second-order valence-electron chi connectivity index (χ2n) is 5.16. The zero-order valence-electron chi connectivity index (χ0n) is 12.4. The van der Waals surface area contributed by atoms with Crippen LogP contribution in [0, 0.1) is 0 Å². The van der Waals surface area contributed by atoms with Gasteiger partial charge in [0.2, 0.25) is 0 Å². The molecule has 126 valence electrons. The second-order valence-corrected chi connectivity index (χ2v) is 10.3. The van der Waals surface area contributed by atoms with Crippen LogP contribution in [0.15, 0.2) is 28.0 Å². The van der Waals surface area contributed by atoms with Gasteiger partial charge < -0.3 is 0 Å². The summed E-state index contributed by atoms with van der Waals surface area (Å²) in [6.45, 7) is 2.13. The predicted molar refractivity (Wildman–Crippen MR) is 89.6 cm³/mol. The van der Waals surface area contributed by atoms with E-state index in [9.17, 15) is 16.8 Å². The van der Waals surface area contributed by atoms with Crippen LogP contribution in [-0.2, 0) is 24.5 Å². The van der Waals surface area contributed by atoms with Crippen LogP contribution in [0.1, 0.15) is 51.0 Å². The Hall–Kier alpha value is -0.300. The van der Waals surface area contributed by atoms with Gasteiger partial charge in [-0.05, 0) is 36.6 Å². The molecule has 0 amide bonds. The molecule has 0 saturated heterocycles. The molecule has 0 fully saturated rings. The first kappa shape index (κ1) is 19.7. The number of aryl methyl sites for hydroxylation is 1. The molecule has 1 aromatic rings. The lowest BCUT2D eigenvalue weighted by Gasteiger charge is -2.08. The molecule has 0 saturated carbocycles. The molecule has 0 aliphatic carbocycles. The van der Waals surface area contributed by atoms with Gasteiger partial charge in [-0.2, -0.15) is 0 Å². The van der Waals surface area contributed by atoms with E-state index in [1.165, 1.54) is 18.6 Å². The van der Waals surface area contributed by atoms with Gasteiger partial charge in [0.1, 0.15) is 0 Å². The number of benzene rings is 1. The zero-order valence-corrected chi connectivity index (χ0v) is 15.5.